The van der Waals surface area contributed by atoms with Gasteiger partial charge in [0.15, 0.2) is 0 Å². The smallest absolute Gasteiger partial charge is 0.303 e. The van der Waals surface area contributed by atoms with Crippen LogP contribution in [0.1, 0.15) is 78.1 Å². The number of carbonyl (C=O) groups is 2. The fourth-order valence-electron chi connectivity index (χ4n) is 5.14. The number of carbonyl (C=O) groups excluding carboxylic acids is 1. The van der Waals surface area contributed by atoms with Crippen LogP contribution in [0.5, 0.6) is 0 Å². The Morgan fingerprint density at radius 2 is 1.77 bits per heavy atom. The minimum Gasteiger partial charge on any atom is -0.481 e. The zero-order valence-electron chi connectivity index (χ0n) is 16.4. The molecule has 1 saturated heterocycles. The number of nitrogens with one attached hydrogen (secondary N) is 1. The summed E-state index contributed by atoms with van der Waals surface area (Å²) in [5.74, 6) is 0.760. The molecule has 26 heavy (non-hydrogen) atoms. The van der Waals surface area contributed by atoms with E-state index in [1.165, 1.54) is 32.1 Å². The van der Waals surface area contributed by atoms with Gasteiger partial charge in [-0.2, -0.15) is 0 Å². The molecule has 0 aromatic heterocycles. The molecule has 2 aliphatic carbocycles. The third kappa shape index (κ3) is 5.35. The molecule has 0 bridgehead atoms. The van der Waals surface area contributed by atoms with Gasteiger partial charge in [-0.25, -0.2) is 0 Å². The minimum absolute atomic E-state index is 0. The average Bonchev–Trinajstić information content (AvgIpc) is 2.95. The number of hydrogen-bond donors (Lipinski definition) is 3. The highest BCUT2D eigenvalue weighted by molar-refractivity contribution is 5.85. The van der Waals surface area contributed by atoms with Crippen molar-refractivity contribution < 1.29 is 14.7 Å². The van der Waals surface area contributed by atoms with Gasteiger partial charge in [-0.1, -0.05) is 52.4 Å². The Morgan fingerprint density at radius 3 is 2.23 bits per heavy atom. The molecule has 4 atom stereocenters. The fourth-order valence-corrected chi connectivity index (χ4v) is 5.14. The van der Waals surface area contributed by atoms with Gasteiger partial charge in [0.25, 0.3) is 0 Å². The number of aliphatic carboxylic acids is 1. The summed E-state index contributed by atoms with van der Waals surface area (Å²) < 4.78 is 0. The molecular weight excluding hydrogens is 352 g/mol. The Kier molecular flexibility index (Phi) is 8.87. The highest BCUT2D eigenvalue weighted by Crippen LogP contribution is 2.45. The Balaban J connectivity index is 0.000000251. The predicted octanol–water partition coefficient (Wildman–Crippen LogP) is 3.74. The summed E-state index contributed by atoms with van der Waals surface area (Å²) in [4.78, 5) is 21.9. The first kappa shape index (κ1) is 23.2. The molecule has 2 saturated carbocycles. The maximum absolute atomic E-state index is 11.2. The topological polar surface area (TPSA) is 92.4 Å². The van der Waals surface area contributed by atoms with Crippen molar-refractivity contribution in [3.05, 3.63) is 0 Å². The first-order valence-corrected chi connectivity index (χ1v) is 10.0. The quantitative estimate of drug-likeness (QED) is 0.686. The Morgan fingerprint density at radius 1 is 1.15 bits per heavy atom. The van der Waals surface area contributed by atoms with Gasteiger partial charge in [-0.15, -0.1) is 12.4 Å². The Bertz CT molecular complexity index is 488. The lowest BCUT2D eigenvalue weighted by Crippen LogP contribution is -2.40. The zero-order chi connectivity index (χ0) is 18.5. The SMILES string of the molecule is CC1CCCCC1(CN)CC(=O)O.CC1CCCCC12CNC(=O)C2.Cl. The Labute approximate surface area is 164 Å². The van der Waals surface area contributed by atoms with Crippen LogP contribution in [-0.4, -0.2) is 30.1 Å². The number of rotatable bonds is 3. The number of hydrogen-bond acceptors (Lipinski definition) is 3. The molecule has 5 nitrogen and oxygen atoms in total. The molecule has 4 unspecified atom stereocenters. The van der Waals surface area contributed by atoms with Crippen LogP contribution in [-0.2, 0) is 9.59 Å². The van der Waals surface area contributed by atoms with Gasteiger partial charge in [0.05, 0.1) is 6.42 Å². The van der Waals surface area contributed by atoms with Crippen LogP contribution < -0.4 is 11.1 Å². The van der Waals surface area contributed by atoms with Gasteiger partial charge < -0.3 is 16.2 Å². The molecule has 1 heterocycles. The molecule has 0 radical (unpaired) electrons. The van der Waals surface area contributed by atoms with Gasteiger partial charge in [0.2, 0.25) is 5.91 Å². The van der Waals surface area contributed by atoms with E-state index < -0.39 is 5.97 Å². The van der Waals surface area contributed by atoms with E-state index in [1.807, 2.05) is 0 Å². The normalized spacial score (nSPS) is 36.5. The van der Waals surface area contributed by atoms with E-state index in [2.05, 4.69) is 19.2 Å². The number of amides is 1. The minimum atomic E-state index is -0.709. The van der Waals surface area contributed by atoms with Crippen LogP contribution in [0, 0.1) is 22.7 Å². The summed E-state index contributed by atoms with van der Waals surface area (Å²) >= 11 is 0. The largest absolute Gasteiger partial charge is 0.481 e. The van der Waals surface area contributed by atoms with Crippen LogP contribution >= 0.6 is 12.4 Å². The van der Waals surface area contributed by atoms with Crippen molar-refractivity contribution in [2.45, 2.75) is 78.1 Å². The van der Waals surface area contributed by atoms with Gasteiger partial charge in [0.1, 0.15) is 0 Å². The molecule has 4 N–H and O–H groups in total. The van der Waals surface area contributed by atoms with Crippen molar-refractivity contribution in [1.29, 1.82) is 0 Å². The molecule has 1 amide bonds. The molecule has 1 spiro atoms. The standard InChI is InChI=1S/C10H19NO2.C10H17NO.ClH/c1-8-4-2-3-5-10(8,7-11)6-9(12)13;1-8-4-2-3-5-10(8)6-9(12)11-7-10;/h8H,2-7,11H2,1H3,(H,12,13);8H,2-7H2,1H3,(H,11,12);1H. The lowest BCUT2D eigenvalue weighted by molar-refractivity contribution is -0.141. The molecule has 0 aromatic rings. The summed E-state index contributed by atoms with van der Waals surface area (Å²) in [7, 11) is 0. The van der Waals surface area contributed by atoms with Gasteiger partial charge >= 0.3 is 5.97 Å². The average molecular weight is 389 g/mol. The van der Waals surface area contributed by atoms with E-state index >= 15 is 0 Å². The molecule has 152 valence electrons. The van der Waals surface area contributed by atoms with Crippen LogP contribution in [0.4, 0.5) is 0 Å². The zero-order valence-corrected chi connectivity index (χ0v) is 17.2. The monoisotopic (exact) mass is 388 g/mol. The van der Waals surface area contributed by atoms with Gasteiger partial charge in [0, 0.05) is 13.0 Å². The number of carboxylic acids is 1. The van der Waals surface area contributed by atoms with Crippen molar-refractivity contribution in [1.82, 2.24) is 5.32 Å². The summed E-state index contributed by atoms with van der Waals surface area (Å²) in [5.41, 5.74) is 5.94. The first-order chi connectivity index (χ1) is 11.8. The van der Waals surface area contributed by atoms with Crippen molar-refractivity contribution in [2.75, 3.05) is 13.1 Å². The number of halogens is 1. The molecule has 0 aromatic carbocycles. The highest BCUT2D eigenvalue weighted by Gasteiger charge is 2.43. The van der Waals surface area contributed by atoms with Crippen LogP contribution in [0.2, 0.25) is 0 Å². The molecular formula is C20H37ClN2O3. The van der Waals surface area contributed by atoms with E-state index in [1.54, 1.807) is 0 Å². The molecule has 3 aliphatic rings. The van der Waals surface area contributed by atoms with Crippen LogP contribution in [0.15, 0.2) is 0 Å². The molecule has 3 rings (SSSR count). The summed E-state index contributed by atoms with van der Waals surface area (Å²) in [6.07, 6.45) is 10.7. The second-order valence-corrected chi connectivity index (χ2v) is 8.75. The molecule has 3 fully saturated rings. The number of carboxylic acid groups (broad SMARTS) is 1. The first-order valence-electron chi connectivity index (χ1n) is 10.0. The van der Waals surface area contributed by atoms with E-state index in [-0.39, 0.29) is 30.2 Å². The molecule has 6 heteroatoms. The summed E-state index contributed by atoms with van der Waals surface area (Å²) in [6.45, 7) is 5.89. The lowest BCUT2D eigenvalue weighted by atomic mass is 9.65. The fraction of sp³-hybridized carbons (Fsp3) is 0.900. The van der Waals surface area contributed by atoms with Crippen molar-refractivity contribution >= 4 is 24.3 Å². The van der Waals surface area contributed by atoms with Crippen LogP contribution in [0.25, 0.3) is 0 Å². The van der Waals surface area contributed by atoms with E-state index in [4.69, 9.17) is 10.8 Å². The van der Waals surface area contributed by atoms with Gasteiger partial charge in [-0.3, -0.25) is 9.59 Å². The van der Waals surface area contributed by atoms with Crippen molar-refractivity contribution in [3.8, 4) is 0 Å². The summed E-state index contributed by atoms with van der Waals surface area (Å²) in [6, 6.07) is 0. The van der Waals surface area contributed by atoms with E-state index in [0.29, 0.717) is 17.9 Å². The van der Waals surface area contributed by atoms with Crippen molar-refractivity contribution in [3.63, 3.8) is 0 Å². The highest BCUT2D eigenvalue weighted by atomic mass is 35.5. The summed E-state index contributed by atoms with van der Waals surface area (Å²) in [5, 5.41) is 11.8. The lowest BCUT2D eigenvalue weighted by Gasteiger charge is -2.40. The van der Waals surface area contributed by atoms with Crippen LogP contribution in [0.3, 0.4) is 0 Å². The van der Waals surface area contributed by atoms with Crippen molar-refractivity contribution in [2.24, 2.45) is 28.4 Å². The predicted molar refractivity (Wildman–Crippen MR) is 106 cm³/mol. The second kappa shape index (κ2) is 9.93. The van der Waals surface area contributed by atoms with E-state index in [0.717, 1.165) is 38.1 Å². The van der Waals surface area contributed by atoms with Gasteiger partial charge in [-0.05, 0) is 42.1 Å². The molecule has 1 aliphatic heterocycles. The number of nitrogens with two attached hydrogens (primary N) is 1. The Hall–Kier alpha value is -0.810. The van der Waals surface area contributed by atoms with E-state index in [9.17, 15) is 9.59 Å². The second-order valence-electron chi connectivity index (χ2n) is 8.75. The third-order valence-electron chi connectivity index (χ3n) is 7.27. The maximum Gasteiger partial charge on any atom is 0.303 e. The maximum atomic E-state index is 11.2. The third-order valence-corrected chi connectivity index (χ3v) is 7.27.